The highest BCUT2D eigenvalue weighted by molar-refractivity contribution is 5.96. The molecule has 1 aromatic heterocycles. The molecule has 0 saturated heterocycles. The van der Waals surface area contributed by atoms with Crippen LogP contribution >= 0.6 is 0 Å². The van der Waals surface area contributed by atoms with E-state index in [4.69, 9.17) is 9.15 Å². The largest absolute Gasteiger partial charge is 0.450 e. The third kappa shape index (κ3) is 3.85. The maximum absolute atomic E-state index is 12.8. The third-order valence-corrected chi connectivity index (χ3v) is 3.77. The van der Waals surface area contributed by atoms with Gasteiger partial charge in [-0.25, -0.2) is 9.18 Å². The Labute approximate surface area is 143 Å². The molecule has 0 bridgehead atoms. The zero-order valence-electron chi connectivity index (χ0n) is 13.5. The van der Waals surface area contributed by atoms with Crippen molar-refractivity contribution in [3.05, 3.63) is 71.2 Å². The molecule has 2 aromatic carbocycles. The molecule has 0 aliphatic rings. The molecule has 1 amide bonds. The number of nitrogens with one attached hydrogen (secondary N) is 1. The van der Waals surface area contributed by atoms with E-state index in [-0.39, 0.29) is 18.1 Å². The van der Waals surface area contributed by atoms with Crippen LogP contribution in [-0.4, -0.2) is 18.5 Å². The first-order chi connectivity index (χ1) is 12.0. The highest BCUT2D eigenvalue weighted by atomic mass is 19.1. The molecule has 0 aliphatic heterocycles. The Morgan fingerprint density at radius 2 is 1.84 bits per heavy atom. The number of rotatable bonds is 5. The van der Waals surface area contributed by atoms with Crippen LogP contribution < -0.4 is 5.32 Å². The molecule has 6 heteroatoms. The molecule has 0 atom stereocenters. The standard InChI is InChI=1S/C19H16FNO4/c1-12-15-4-2-3-5-16(15)25-18(12)19(23)24-11-17(22)21-10-13-6-8-14(20)9-7-13/h2-9H,10-11H2,1H3,(H,21,22). The Morgan fingerprint density at radius 3 is 2.56 bits per heavy atom. The number of benzene rings is 2. The topological polar surface area (TPSA) is 68.5 Å². The zero-order valence-corrected chi connectivity index (χ0v) is 13.5. The first-order valence-corrected chi connectivity index (χ1v) is 7.71. The lowest BCUT2D eigenvalue weighted by Crippen LogP contribution is -2.28. The molecule has 3 aromatic rings. The monoisotopic (exact) mass is 341 g/mol. The molecule has 3 rings (SSSR count). The molecule has 0 unspecified atom stereocenters. The normalized spacial score (nSPS) is 10.6. The fourth-order valence-corrected chi connectivity index (χ4v) is 2.42. The van der Waals surface area contributed by atoms with Crippen LogP contribution in [0.5, 0.6) is 0 Å². The van der Waals surface area contributed by atoms with Gasteiger partial charge in [-0.2, -0.15) is 0 Å². The average Bonchev–Trinajstić information content (AvgIpc) is 2.96. The Morgan fingerprint density at radius 1 is 1.12 bits per heavy atom. The minimum atomic E-state index is -0.689. The summed E-state index contributed by atoms with van der Waals surface area (Å²) < 4.78 is 23.3. The molecule has 5 nitrogen and oxygen atoms in total. The summed E-state index contributed by atoms with van der Waals surface area (Å²) in [5, 5.41) is 3.43. The number of carbonyl (C=O) groups is 2. The van der Waals surface area contributed by atoms with E-state index < -0.39 is 18.5 Å². The molecule has 25 heavy (non-hydrogen) atoms. The van der Waals surface area contributed by atoms with Crippen LogP contribution in [-0.2, 0) is 16.1 Å². The van der Waals surface area contributed by atoms with E-state index in [1.165, 1.54) is 12.1 Å². The molecule has 0 spiro atoms. The van der Waals surface area contributed by atoms with E-state index in [9.17, 15) is 14.0 Å². The molecule has 1 N–H and O–H groups in total. The number of aryl methyl sites for hydroxylation is 1. The fourth-order valence-electron chi connectivity index (χ4n) is 2.42. The van der Waals surface area contributed by atoms with Gasteiger partial charge in [0.1, 0.15) is 11.4 Å². The van der Waals surface area contributed by atoms with Gasteiger partial charge in [0, 0.05) is 17.5 Å². The first kappa shape index (κ1) is 16.7. The van der Waals surface area contributed by atoms with Gasteiger partial charge in [0.25, 0.3) is 5.91 Å². The Bertz CT molecular complexity index is 915. The van der Waals surface area contributed by atoms with E-state index in [1.54, 1.807) is 25.1 Å². The van der Waals surface area contributed by atoms with Gasteiger partial charge in [0.05, 0.1) is 0 Å². The highest BCUT2D eigenvalue weighted by Gasteiger charge is 2.19. The van der Waals surface area contributed by atoms with Crippen molar-refractivity contribution in [2.75, 3.05) is 6.61 Å². The van der Waals surface area contributed by atoms with Crippen LogP contribution in [0.15, 0.2) is 52.9 Å². The van der Waals surface area contributed by atoms with Crippen molar-refractivity contribution in [3.63, 3.8) is 0 Å². The molecule has 0 aliphatic carbocycles. The van der Waals surface area contributed by atoms with E-state index >= 15 is 0 Å². The second-order valence-electron chi connectivity index (χ2n) is 5.53. The van der Waals surface area contributed by atoms with E-state index in [1.807, 2.05) is 18.2 Å². The number of para-hydroxylation sites is 1. The third-order valence-electron chi connectivity index (χ3n) is 3.77. The Hall–Kier alpha value is -3.15. The number of hydrogen-bond acceptors (Lipinski definition) is 4. The van der Waals surface area contributed by atoms with Gasteiger partial charge in [-0.3, -0.25) is 4.79 Å². The van der Waals surface area contributed by atoms with Crippen molar-refractivity contribution in [2.45, 2.75) is 13.5 Å². The van der Waals surface area contributed by atoms with Crippen molar-refractivity contribution in [1.29, 1.82) is 0 Å². The average molecular weight is 341 g/mol. The maximum atomic E-state index is 12.8. The van der Waals surface area contributed by atoms with Gasteiger partial charge in [-0.05, 0) is 30.7 Å². The lowest BCUT2D eigenvalue weighted by Gasteiger charge is -2.06. The zero-order chi connectivity index (χ0) is 17.8. The van der Waals surface area contributed by atoms with Crippen molar-refractivity contribution >= 4 is 22.8 Å². The summed E-state index contributed by atoms with van der Waals surface area (Å²) in [6.07, 6.45) is 0. The summed E-state index contributed by atoms with van der Waals surface area (Å²) in [5.41, 5.74) is 2.01. The predicted octanol–water partition coefficient (Wildman–Crippen LogP) is 3.35. The summed E-state index contributed by atoms with van der Waals surface area (Å²) in [4.78, 5) is 23.9. The van der Waals surface area contributed by atoms with Gasteiger partial charge < -0.3 is 14.5 Å². The van der Waals surface area contributed by atoms with Crippen LogP contribution in [0.25, 0.3) is 11.0 Å². The number of hydrogen-bond donors (Lipinski definition) is 1. The minimum absolute atomic E-state index is 0.0903. The molecule has 0 saturated carbocycles. The summed E-state index contributed by atoms with van der Waals surface area (Å²) >= 11 is 0. The van der Waals surface area contributed by atoms with Crippen LogP contribution in [0.1, 0.15) is 21.7 Å². The lowest BCUT2D eigenvalue weighted by atomic mass is 10.1. The van der Waals surface area contributed by atoms with E-state index in [0.717, 1.165) is 10.9 Å². The number of ether oxygens (including phenoxy) is 1. The summed E-state index contributed by atoms with van der Waals surface area (Å²) in [6.45, 7) is 1.56. The summed E-state index contributed by atoms with van der Waals surface area (Å²) in [7, 11) is 0. The Balaban J connectivity index is 1.55. The molecule has 1 heterocycles. The van der Waals surface area contributed by atoms with E-state index in [2.05, 4.69) is 5.32 Å². The summed E-state index contributed by atoms with van der Waals surface area (Å²) in [6, 6.07) is 13.0. The summed E-state index contributed by atoms with van der Waals surface area (Å²) in [5.74, 6) is -1.39. The van der Waals surface area contributed by atoms with Crippen molar-refractivity contribution in [3.8, 4) is 0 Å². The van der Waals surface area contributed by atoms with Gasteiger partial charge in [0.2, 0.25) is 5.76 Å². The van der Waals surface area contributed by atoms with Gasteiger partial charge >= 0.3 is 5.97 Å². The van der Waals surface area contributed by atoms with E-state index in [0.29, 0.717) is 11.1 Å². The lowest BCUT2D eigenvalue weighted by molar-refractivity contribution is -0.124. The second-order valence-corrected chi connectivity index (χ2v) is 5.53. The number of esters is 1. The van der Waals surface area contributed by atoms with Crippen LogP contribution in [0.2, 0.25) is 0 Å². The van der Waals surface area contributed by atoms with Crippen molar-refractivity contribution in [1.82, 2.24) is 5.32 Å². The minimum Gasteiger partial charge on any atom is -0.450 e. The number of halogens is 1. The highest BCUT2D eigenvalue weighted by Crippen LogP contribution is 2.25. The molecule has 0 radical (unpaired) electrons. The fraction of sp³-hybridized carbons (Fsp3) is 0.158. The number of carbonyl (C=O) groups excluding carboxylic acids is 2. The SMILES string of the molecule is Cc1c(C(=O)OCC(=O)NCc2ccc(F)cc2)oc2ccccc12. The van der Waals surface area contributed by atoms with Gasteiger partial charge in [-0.15, -0.1) is 0 Å². The van der Waals surface area contributed by atoms with Gasteiger partial charge in [-0.1, -0.05) is 30.3 Å². The van der Waals surface area contributed by atoms with Crippen molar-refractivity contribution in [2.24, 2.45) is 0 Å². The van der Waals surface area contributed by atoms with Crippen LogP contribution in [0.3, 0.4) is 0 Å². The van der Waals surface area contributed by atoms with Crippen LogP contribution in [0, 0.1) is 12.7 Å². The number of furan rings is 1. The smallest absolute Gasteiger partial charge is 0.375 e. The molecular weight excluding hydrogens is 325 g/mol. The molecular formula is C19H16FNO4. The Kier molecular flexibility index (Phi) is 4.79. The predicted molar refractivity (Wildman–Crippen MR) is 89.5 cm³/mol. The first-order valence-electron chi connectivity index (χ1n) is 7.71. The number of amides is 1. The number of fused-ring (bicyclic) bond motifs is 1. The second kappa shape index (κ2) is 7.17. The van der Waals surface area contributed by atoms with Crippen molar-refractivity contribution < 1.29 is 23.1 Å². The molecule has 0 fully saturated rings. The molecule has 128 valence electrons. The quantitative estimate of drug-likeness (QED) is 0.723. The van der Waals surface area contributed by atoms with Crippen LogP contribution in [0.4, 0.5) is 4.39 Å². The van der Waals surface area contributed by atoms with Gasteiger partial charge in [0.15, 0.2) is 6.61 Å². The maximum Gasteiger partial charge on any atom is 0.375 e.